The van der Waals surface area contributed by atoms with E-state index in [9.17, 15) is 4.79 Å². The molecule has 2 aliphatic rings. The number of rotatable bonds is 1. The molecule has 1 N–H and O–H groups in total. The van der Waals surface area contributed by atoms with E-state index in [1.807, 2.05) is 6.20 Å². The van der Waals surface area contributed by atoms with Crippen LogP contribution in [0.4, 0.5) is 0 Å². The van der Waals surface area contributed by atoms with Crippen LogP contribution >= 0.6 is 15.9 Å². The predicted octanol–water partition coefficient (Wildman–Crippen LogP) is 3.46. The molecule has 1 aromatic carbocycles. The molecule has 2 aliphatic carbocycles. The minimum absolute atomic E-state index is 0.416. The third kappa shape index (κ3) is 1.62. The van der Waals surface area contributed by atoms with Crippen LogP contribution in [-0.4, -0.2) is 15.8 Å². The van der Waals surface area contributed by atoms with Crippen LogP contribution in [0.5, 0.6) is 0 Å². The van der Waals surface area contributed by atoms with Gasteiger partial charge in [0.2, 0.25) is 0 Å². The first-order chi connectivity index (χ1) is 9.24. The average molecular weight is 317 g/mol. The lowest BCUT2D eigenvalue weighted by Gasteiger charge is -2.12. The Kier molecular flexibility index (Phi) is 2.42. The van der Waals surface area contributed by atoms with Gasteiger partial charge in [-0.3, -0.25) is 4.79 Å². The van der Waals surface area contributed by atoms with Crippen molar-refractivity contribution in [1.29, 1.82) is 0 Å². The molecule has 0 amide bonds. The van der Waals surface area contributed by atoms with Crippen molar-refractivity contribution in [2.45, 2.75) is 25.2 Å². The van der Waals surface area contributed by atoms with Gasteiger partial charge in [0.05, 0.1) is 18.2 Å². The van der Waals surface area contributed by atoms with Crippen molar-refractivity contribution in [1.82, 2.24) is 9.97 Å². The monoisotopic (exact) mass is 316 g/mol. The van der Waals surface area contributed by atoms with E-state index < -0.39 is 0 Å². The molecule has 2 aromatic rings. The second-order valence-electron chi connectivity index (χ2n) is 5.47. The summed E-state index contributed by atoms with van der Waals surface area (Å²) in [5, 5.41) is 0. The van der Waals surface area contributed by atoms with Gasteiger partial charge in [0.15, 0.2) is 0 Å². The average Bonchev–Trinajstić information content (AvgIpc) is 3.04. The number of nitrogens with zero attached hydrogens (tertiary/aromatic N) is 1. The number of aromatic amines is 1. The van der Waals surface area contributed by atoms with E-state index in [0.717, 1.165) is 23.0 Å². The van der Waals surface area contributed by atoms with Crippen LogP contribution in [0.25, 0.3) is 11.3 Å². The summed E-state index contributed by atoms with van der Waals surface area (Å²) >= 11 is 3.66. The molecule has 0 aliphatic heterocycles. The molecule has 2 atom stereocenters. The number of nitrogens with one attached hydrogen (secondary N) is 1. The Hall–Kier alpha value is -1.42. The van der Waals surface area contributed by atoms with Crippen LogP contribution in [0.1, 0.15) is 29.9 Å². The molecule has 96 valence electrons. The summed E-state index contributed by atoms with van der Waals surface area (Å²) in [5.74, 6) is 1.34. The molecule has 1 saturated carbocycles. The molecule has 0 radical (unpaired) electrons. The number of carbonyl (C=O) groups is 1. The fourth-order valence-electron chi connectivity index (χ4n) is 3.66. The normalized spacial score (nSPS) is 24.6. The van der Waals surface area contributed by atoms with Crippen molar-refractivity contribution >= 4 is 21.7 Å². The zero-order chi connectivity index (χ0) is 13.0. The molecular formula is C15H13BrN2O. The largest absolute Gasteiger partial charge is 0.345 e. The number of H-pyrrole nitrogens is 1. The summed E-state index contributed by atoms with van der Waals surface area (Å²) in [7, 11) is 0. The molecular weight excluding hydrogens is 304 g/mol. The summed E-state index contributed by atoms with van der Waals surface area (Å²) in [4.78, 5) is 19.0. The van der Waals surface area contributed by atoms with Crippen LogP contribution in [0, 0.1) is 5.92 Å². The molecule has 4 rings (SSSR count). The second kappa shape index (κ2) is 4.04. The summed E-state index contributed by atoms with van der Waals surface area (Å²) in [6, 6.07) is 4.24. The highest BCUT2D eigenvalue weighted by Crippen LogP contribution is 2.51. The topological polar surface area (TPSA) is 45.8 Å². The van der Waals surface area contributed by atoms with Crippen LogP contribution in [0.3, 0.4) is 0 Å². The Morgan fingerprint density at radius 1 is 1.26 bits per heavy atom. The number of ketones is 1. The van der Waals surface area contributed by atoms with E-state index in [2.05, 4.69) is 38.0 Å². The minimum Gasteiger partial charge on any atom is -0.345 e. The van der Waals surface area contributed by atoms with Crippen LogP contribution in [-0.2, 0) is 11.2 Å². The number of imidazole rings is 1. The van der Waals surface area contributed by atoms with Gasteiger partial charge < -0.3 is 4.98 Å². The number of fused-ring (bicyclic) bond motifs is 3. The lowest BCUT2D eigenvalue weighted by Crippen LogP contribution is -1.97. The Balaban J connectivity index is 1.89. The molecule has 2 unspecified atom stereocenters. The lowest BCUT2D eigenvalue weighted by molar-refractivity contribution is -0.117. The molecule has 0 spiro atoms. The number of hydrogen-bond acceptors (Lipinski definition) is 2. The number of carbonyl (C=O) groups excluding carboxylic acids is 1. The smallest absolute Gasteiger partial charge is 0.133 e. The molecule has 0 saturated heterocycles. The number of Topliss-reactive ketones (excluding diaryl/α,β-unsaturated/α-hetero) is 1. The standard InChI is InChI=1S/C15H13BrN2O/c16-13-2-1-10(14-6-17-7-18-14)12-4-8-3-9(19)5-11(8)15(12)13/h1-2,6-8,11H,3-5H2,(H,17,18). The first-order valence-electron chi connectivity index (χ1n) is 6.55. The van der Waals surface area contributed by atoms with Gasteiger partial charge in [0.25, 0.3) is 0 Å². The van der Waals surface area contributed by atoms with Crippen molar-refractivity contribution in [3.05, 3.63) is 40.3 Å². The van der Waals surface area contributed by atoms with Crippen molar-refractivity contribution < 1.29 is 4.79 Å². The first kappa shape index (κ1) is 11.4. The number of benzene rings is 1. The Morgan fingerprint density at radius 3 is 2.95 bits per heavy atom. The zero-order valence-corrected chi connectivity index (χ0v) is 11.9. The summed E-state index contributed by atoms with van der Waals surface area (Å²) in [6.45, 7) is 0. The number of aromatic nitrogens is 2. The van der Waals surface area contributed by atoms with Gasteiger partial charge in [-0.25, -0.2) is 4.98 Å². The van der Waals surface area contributed by atoms with Crippen LogP contribution < -0.4 is 0 Å². The quantitative estimate of drug-likeness (QED) is 0.875. The van der Waals surface area contributed by atoms with Crippen molar-refractivity contribution in [2.75, 3.05) is 0 Å². The summed E-state index contributed by atoms with van der Waals surface area (Å²) < 4.78 is 1.15. The van der Waals surface area contributed by atoms with Crippen molar-refractivity contribution in [2.24, 2.45) is 5.92 Å². The van der Waals surface area contributed by atoms with Gasteiger partial charge in [-0.15, -0.1) is 0 Å². The maximum atomic E-state index is 11.7. The van der Waals surface area contributed by atoms with Crippen LogP contribution in [0.15, 0.2) is 29.1 Å². The van der Waals surface area contributed by atoms with Gasteiger partial charge in [-0.05, 0) is 35.4 Å². The zero-order valence-electron chi connectivity index (χ0n) is 10.3. The van der Waals surface area contributed by atoms with Crippen molar-refractivity contribution in [3.8, 4) is 11.3 Å². The molecule has 4 heteroatoms. The molecule has 0 bridgehead atoms. The van der Waals surface area contributed by atoms with E-state index in [4.69, 9.17) is 0 Å². The fraction of sp³-hybridized carbons (Fsp3) is 0.333. The SMILES string of the molecule is O=C1CC2Cc3c(-c4cnc[nH]4)ccc(Br)c3C2C1. The van der Waals surface area contributed by atoms with E-state index in [1.54, 1.807) is 6.33 Å². The Morgan fingerprint density at radius 2 is 2.16 bits per heavy atom. The van der Waals surface area contributed by atoms with Gasteiger partial charge in [0.1, 0.15) is 5.78 Å². The molecule has 1 aromatic heterocycles. The summed E-state index contributed by atoms with van der Waals surface area (Å²) in [6.07, 6.45) is 6.04. The first-order valence-corrected chi connectivity index (χ1v) is 7.35. The highest BCUT2D eigenvalue weighted by atomic mass is 79.9. The van der Waals surface area contributed by atoms with Gasteiger partial charge >= 0.3 is 0 Å². The third-order valence-electron chi connectivity index (χ3n) is 4.44. The van der Waals surface area contributed by atoms with Gasteiger partial charge in [0, 0.05) is 22.9 Å². The van der Waals surface area contributed by atoms with Gasteiger partial charge in [-0.1, -0.05) is 22.0 Å². The van der Waals surface area contributed by atoms with E-state index in [1.165, 1.54) is 16.7 Å². The van der Waals surface area contributed by atoms with Crippen LogP contribution in [0.2, 0.25) is 0 Å². The van der Waals surface area contributed by atoms with E-state index >= 15 is 0 Å². The third-order valence-corrected chi connectivity index (χ3v) is 5.13. The molecule has 1 fully saturated rings. The molecule has 3 nitrogen and oxygen atoms in total. The maximum absolute atomic E-state index is 11.7. The minimum atomic E-state index is 0.416. The van der Waals surface area contributed by atoms with E-state index in [-0.39, 0.29) is 0 Å². The highest BCUT2D eigenvalue weighted by molar-refractivity contribution is 9.10. The molecule has 1 heterocycles. The second-order valence-corrected chi connectivity index (χ2v) is 6.32. The predicted molar refractivity (Wildman–Crippen MR) is 75.9 cm³/mol. The molecule has 19 heavy (non-hydrogen) atoms. The summed E-state index contributed by atoms with van der Waals surface area (Å²) in [5.41, 5.74) is 5.04. The van der Waals surface area contributed by atoms with E-state index in [0.29, 0.717) is 24.0 Å². The fourth-order valence-corrected chi connectivity index (χ4v) is 4.32. The Bertz CT molecular complexity index is 663. The highest BCUT2D eigenvalue weighted by Gasteiger charge is 2.42. The van der Waals surface area contributed by atoms with Gasteiger partial charge in [-0.2, -0.15) is 0 Å². The number of halogens is 1. The maximum Gasteiger partial charge on any atom is 0.133 e. The van der Waals surface area contributed by atoms with Crippen molar-refractivity contribution in [3.63, 3.8) is 0 Å². The number of hydrogen-bond donors (Lipinski definition) is 1. The lowest BCUT2D eigenvalue weighted by atomic mass is 9.95. The Labute approximate surface area is 119 Å².